The molecule has 2 heteroatoms. The van der Waals surface area contributed by atoms with Crippen molar-refractivity contribution in [3.63, 3.8) is 0 Å². The minimum Gasteiger partial charge on any atom is -0.354 e. The molecule has 2 aromatic rings. The maximum atomic E-state index is 2.54. The molecular weight excluding hydrogens is 226 g/mol. The molecule has 1 atom stereocenters. The second-order valence-corrected chi connectivity index (χ2v) is 5.70. The normalized spacial score (nSPS) is 20.7. The smallest absolute Gasteiger partial charge is 0.105 e. The Kier molecular flexibility index (Phi) is 2.00. The molecule has 2 aliphatic heterocycles. The summed E-state index contributed by atoms with van der Waals surface area (Å²) in [7, 11) is 0. The van der Waals surface area contributed by atoms with E-state index in [-0.39, 0.29) is 0 Å². The van der Waals surface area contributed by atoms with E-state index in [9.17, 15) is 0 Å². The predicted octanol–water partition coefficient (Wildman–Crippen LogP) is 3.85. The molecule has 2 aromatic carbocycles. The summed E-state index contributed by atoms with van der Waals surface area (Å²) in [6.45, 7) is 1.14. The quantitative estimate of drug-likeness (QED) is 0.687. The third kappa shape index (κ3) is 1.34. The van der Waals surface area contributed by atoms with Crippen LogP contribution in [0.25, 0.3) is 0 Å². The second-order valence-electron chi connectivity index (χ2n) is 4.58. The van der Waals surface area contributed by atoms with Gasteiger partial charge in [-0.15, -0.1) is 0 Å². The van der Waals surface area contributed by atoms with Gasteiger partial charge in [0.05, 0.1) is 5.69 Å². The lowest BCUT2D eigenvalue weighted by molar-refractivity contribution is 0.726. The standard InChI is InChI=1S/C15H13NS/c1-2-6-12-11(5-1)9-10-16-13-7-3-4-8-14(13)17-15(12)16/h1-8,15H,9-10H2. The molecule has 1 nitrogen and oxygen atoms in total. The fraction of sp³-hybridized carbons (Fsp3) is 0.200. The van der Waals surface area contributed by atoms with Gasteiger partial charge in [0.2, 0.25) is 0 Å². The van der Waals surface area contributed by atoms with E-state index in [0.717, 1.165) is 6.54 Å². The van der Waals surface area contributed by atoms with Crippen LogP contribution < -0.4 is 4.90 Å². The van der Waals surface area contributed by atoms with Gasteiger partial charge in [0.1, 0.15) is 5.37 Å². The molecule has 0 spiro atoms. The molecule has 0 saturated carbocycles. The topological polar surface area (TPSA) is 3.24 Å². The second kappa shape index (κ2) is 3.54. The van der Waals surface area contributed by atoms with Crippen molar-refractivity contribution in [3.05, 3.63) is 59.7 Å². The summed E-state index contributed by atoms with van der Waals surface area (Å²) in [5.41, 5.74) is 4.44. The van der Waals surface area contributed by atoms with E-state index in [1.807, 2.05) is 11.8 Å². The van der Waals surface area contributed by atoms with Gasteiger partial charge in [-0.05, 0) is 29.7 Å². The van der Waals surface area contributed by atoms with Gasteiger partial charge in [-0.25, -0.2) is 0 Å². The fourth-order valence-electron chi connectivity index (χ4n) is 2.82. The van der Waals surface area contributed by atoms with Crippen molar-refractivity contribution in [1.82, 2.24) is 0 Å². The number of para-hydroxylation sites is 1. The number of benzene rings is 2. The highest BCUT2D eigenvalue weighted by Crippen LogP contribution is 2.53. The van der Waals surface area contributed by atoms with E-state index in [4.69, 9.17) is 0 Å². The molecule has 0 N–H and O–H groups in total. The molecule has 0 aliphatic carbocycles. The van der Waals surface area contributed by atoms with Crippen molar-refractivity contribution in [2.45, 2.75) is 16.7 Å². The Labute approximate surface area is 105 Å². The highest BCUT2D eigenvalue weighted by atomic mass is 32.2. The maximum Gasteiger partial charge on any atom is 0.105 e. The number of hydrogen-bond acceptors (Lipinski definition) is 2. The molecule has 0 saturated heterocycles. The van der Waals surface area contributed by atoms with Crippen LogP contribution >= 0.6 is 11.8 Å². The Morgan fingerprint density at radius 2 is 1.82 bits per heavy atom. The highest BCUT2D eigenvalue weighted by molar-refractivity contribution is 8.00. The lowest BCUT2D eigenvalue weighted by Gasteiger charge is -2.33. The van der Waals surface area contributed by atoms with Gasteiger partial charge in [-0.2, -0.15) is 0 Å². The average molecular weight is 239 g/mol. The maximum absolute atomic E-state index is 2.54. The summed E-state index contributed by atoms with van der Waals surface area (Å²) < 4.78 is 0. The van der Waals surface area contributed by atoms with Crippen LogP contribution in [0.5, 0.6) is 0 Å². The lowest BCUT2D eigenvalue weighted by atomic mass is 9.99. The van der Waals surface area contributed by atoms with Gasteiger partial charge in [-0.3, -0.25) is 0 Å². The largest absolute Gasteiger partial charge is 0.354 e. The third-order valence-corrected chi connectivity index (χ3v) is 4.97. The van der Waals surface area contributed by atoms with Crippen LogP contribution in [0.15, 0.2) is 53.4 Å². The SMILES string of the molecule is c1ccc2c(c1)CCN1c3ccccc3SC21. The van der Waals surface area contributed by atoms with E-state index in [1.165, 1.54) is 28.1 Å². The zero-order chi connectivity index (χ0) is 11.2. The molecule has 0 amide bonds. The van der Waals surface area contributed by atoms with Gasteiger partial charge in [-0.1, -0.05) is 48.2 Å². The Bertz CT molecular complexity index is 579. The van der Waals surface area contributed by atoms with E-state index in [0.29, 0.717) is 5.37 Å². The first-order valence-electron chi connectivity index (χ1n) is 6.03. The summed E-state index contributed by atoms with van der Waals surface area (Å²) in [4.78, 5) is 3.97. The fourth-order valence-corrected chi connectivity index (χ4v) is 4.22. The zero-order valence-electron chi connectivity index (χ0n) is 9.47. The average Bonchev–Trinajstić information content (AvgIpc) is 2.78. The van der Waals surface area contributed by atoms with Crippen LogP contribution in [0.1, 0.15) is 16.5 Å². The Hall–Kier alpha value is -1.41. The molecule has 17 heavy (non-hydrogen) atoms. The van der Waals surface area contributed by atoms with Crippen LogP contribution in [0.2, 0.25) is 0 Å². The Balaban J connectivity index is 1.85. The summed E-state index contributed by atoms with van der Waals surface area (Å²) in [5.74, 6) is 0. The van der Waals surface area contributed by atoms with E-state index >= 15 is 0 Å². The van der Waals surface area contributed by atoms with E-state index < -0.39 is 0 Å². The van der Waals surface area contributed by atoms with Crippen LogP contribution in [-0.2, 0) is 6.42 Å². The molecule has 0 aromatic heterocycles. The number of nitrogens with zero attached hydrogens (tertiary/aromatic N) is 1. The van der Waals surface area contributed by atoms with Gasteiger partial charge in [0, 0.05) is 11.4 Å². The van der Waals surface area contributed by atoms with Crippen molar-refractivity contribution in [1.29, 1.82) is 0 Å². The molecule has 0 radical (unpaired) electrons. The van der Waals surface area contributed by atoms with Gasteiger partial charge in [0.15, 0.2) is 0 Å². The van der Waals surface area contributed by atoms with E-state index in [2.05, 4.69) is 53.4 Å². The van der Waals surface area contributed by atoms with Gasteiger partial charge < -0.3 is 4.90 Å². The molecular formula is C15H13NS. The lowest BCUT2D eigenvalue weighted by Crippen LogP contribution is -2.30. The number of fused-ring (bicyclic) bond motifs is 5. The van der Waals surface area contributed by atoms with Crippen LogP contribution in [0.4, 0.5) is 5.69 Å². The first kappa shape index (κ1) is 9.60. The number of thioether (sulfide) groups is 1. The monoisotopic (exact) mass is 239 g/mol. The minimum absolute atomic E-state index is 0.498. The molecule has 0 fully saturated rings. The predicted molar refractivity (Wildman–Crippen MR) is 72.5 cm³/mol. The molecule has 2 heterocycles. The zero-order valence-corrected chi connectivity index (χ0v) is 10.3. The number of hydrogen-bond donors (Lipinski definition) is 0. The van der Waals surface area contributed by atoms with Crippen LogP contribution in [0.3, 0.4) is 0 Å². The first-order chi connectivity index (χ1) is 8.43. The molecule has 0 bridgehead atoms. The minimum atomic E-state index is 0.498. The molecule has 84 valence electrons. The Morgan fingerprint density at radius 3 is 2.82 bits per heavy atom. The highest BCUT2D eigenvalue weighted by Gasteiger charge is 2.34. The summed E-state index contributed by atoms with van der Waals surface area (Å²) in [5, 5.41) is 0.498. The van der Waals surface area contributed by atoms with Crippen molar-refractivity contribution >= 4 is 17.4 Å². The van der Waals surface area contributed by atoms with Gasteiger partial charge in [0.25, 0.3) is 0 Å². The number of anilines is 1. The van der Waals surface area contributed by atoms with Crippen molar-refractivity contribution in [2.24, 2.45) is 0 Å². The summed E-state index contributed by atoms with van der Waals surface area (Å²) in [6.07, 6.45) is 1.17. The summed E-state index contributed by atoms with van der Waals surface area (Å²) in [6, 6.07) is 17.6. The molecule has 1 unspecified atom stereocenters. The molecule has 2 aliphatic rings. The Morgan fingerprint density at radius 1 is 1.00 bits per heavy atom. The van der Waals surface area contributed by atoms with Crippen molar-refractivity contribution < 1.29 is 0 Å². The van der Waals surface area contributed by atoms with Crippen LogP contribution in [-0.4, -0.2) is 6.54 Å². The first-order valence-corrected chi connectivity index (χ1v) is 6.91. The van der Waals surface area contributed by atoms with Crippen molar-refractivity contribution in [2.75, 3.05) is 11.4 Å². The number of rotatable bonds is 0. The summed E-state index contributed by atoms with van der Waals surface area (Å²) >= 11 is 1.99. The van der Waals surface area contributed by atoms with Crippen LogP contribution in [0, 0.1) is 0 Å². The van der Waals surface area contributed by atoms with Crippen molar-refractivity contribution in [3.8, 4) is 0 Å². The van der Waals surface area contributed by atoms with E-state index in [1.54, 1.807) is 0 Å². The van der Waals surface area contributed by atoms with Gasteiger partial charge >= 0.3 is 0 Å². The molecule has 4 rings (SSSR count). The third-order valence-electron chi connectivity index (χ3n) is 3.64.